The number of ketones is 1. The fourth-order valence-electron chi connectivity index (χ4n) is 4.65. The van der Waals surface area contributed by atoms with Gasteiger partial charge in [0, 0.05) is 48.2 Å². The molecule has 1 saturated heterocycles. The van der Waals surface area contributed by atoms with E-state index in [1.54, 1.807) is 35.0 Å². The first kappa shape index (κ1) is 29.6. The second-order valence-corrected chi connectivity index (χ2v) is 10.2. The van der Waals surface area contributed by atoms with Crippen molar-refractivity contribution >= 4 is 48.8 Å². The number of fused-ring (bicyclic) bond motifs is 1. The smallest absolute Gasteiger partial charge is 0.327 e. The van der Waals surface area contributed by atoms with Gasteiger partial charge in [0.25, 0.3) is 0 Å². The maximum atomic E-state index is 14.4. The maximum Gasteiger partial charge on any atom is 0.327 e. The van der Waals surface area contributed by atoms with E-state index < -0.39 is 38.5 Å². The molecule has 1 fully saturated rings. The summed E-state index contributed by atoms with van der Waals surface area (Å²) in [5.41, 5.74) is 1.12. The molecule has 3 aromatic rings. The molecule has 0 spiro atoms. The summed E-state index contributed by atoms with van der Waals surface area (Å²) in [6.07, 6.45) is 0.462. The van der Waals surface area contributed by atoms with Gasteiger partial charge >= 0.3 is 8.69 Å². The molecule has 1 aliphatic heterocycles. The maximum absolute atomic E-state index is 14.4. The van der Waals surface area contributed by atoms with Crippen molar-refractivity contribution in [3.63, 3.8) is 0 Å². The van der Waals surface area contributed by atoms with Gasteiger partial charge in [-0.05, 0) is 25.1 Å². The number of likely N-dealkylation sites (tertiary alicyclic amines) is 1. The lowest BCUT2D eigenvalue weighted by molar-refractivity contribution is -0.139. The summed E-state index contributed by atoms with van der Waals surface area (Å²) in [4.78, 5) is 39.7. The highest BCUT2D eigenvalue weighted by atomic mass is 35.5. The lowest BCUT2D eigenvalue weighted by Gasteiger charge is -2.24. The van der Waals surface area contributed by atoms with Gasteiger partial charge in [-0.1, -0.05) is 23.7 Å². The first-order valence-corrected chi connectivity index (χ1v) is 13.7. The number of rotatable bonds is 12. The molecular formula is C27H27ClF2N3O6P. The summed E-state index contributed by atoms with van der Waals surface area (Å²) in [5, 5.41) is 3.10. The van der Waals surface area contributed by atoms with E-state index in [2.05, 4.69) is 5.32 Å². The second-order valence-electron chi connectivity index (χ2n) is 9.34. The molecule has 1 aliphatic rings. The third-order valence-electron chi connectivity index (χ3n) is 6.60. The van der Waals surface area contributed by atoms with E-state index in [0.29, 0.717) is 35.2 Å². The molecule has 0 aliphatic carbocycles. The van der Waals surface area contributed by atoms with Gasteiger partial charge in [-0.2, -0.15) is 0 Å². The molecule has 40 heavy (non-hydrogen) atoms. The van der Waals surface area contributed by atoms with Crippen molar-refractivity contribution in [3.05, 3.63) is 64.6 Å². The largest absolute Gasteiger partial charge is 0.493 e. The van der Waals surface area contributed by atoms with Crippen LogP contribution >= 0.6 is 20.3 Å². The van der Waals surface area contributed by atoms with Crippen molar-refractivity contribution in [3.8, 4) is 5.75 Å². The van der Waals surface area contributed by atoms with Crippen LogP contribution in [0.1, 0.15) is 35.7 Å². The minimum atomic E-state index is -1.40. The van der Waals surface area contributed by atoms with Gasteiger partial charge in [0.2, 0.25) is 11.8 Å². The molecule has 0 saturated carbocycles. The number of nitrogens with one attached hydrogen (secondary N) is 1. The zero-order valence-electron chi connectivity index (χ0n) is 21.6. The molecule has 1 aromatic heterocycles. The molecular weight excluding hydrogens is 567 g/mol. The predicted molar refractivity (Wildman–Crippen MR) is 144 cm³/mol. The van der Waals surface area contributed by atoms with Crippen LogP contribution in [0.5, 0.6) is 5.75 Å². The number of ether oxygens (including phenoxy) is 1. The molecule has 2 heterocycles. The van der Waals surface area contributed by atoms with Crippen LogP contribution in [0.25, 0.3) is 10.9 Å². The molecule has 0 bridgehead atoms. The third-order valence-corrected chi connectivity index (χ3v) is 7.18. The number of alkyl halides is 1. The van der Waals surface area contributed by atoms with Crippen LogP contribution in [0.3, 0.4) is 0 Å². The highest BCUT2D eigenvalue weighted by Crippen LogP contribution is 2.28. The SMILES string of the molecule is CC(=O)c1cn(CC(=O)N2C[C@H](F)C[C@H]2C(=O)NCc2cccc(Cl)c2F)c2cc(OCCCOP=O)ccc12. The highest BCUT2D eigenvalue weighted by Gasteiger charge is 2.39. The number of carbonyl (C=O) groups is 3. The average molecular weight is 594 g/mol. The van der Waals surface area contributed by atoms with Crippen LogP contribution in [0.4, 0.5) is 8.78 Å². The lowest BCUT2D eigenvalue weighted by atomic mass is 10.1. The van der Waals surface area contributed by atoms with E-state index in [1.165, 1.54) is 24.0 Å². The van der Waals surface area contributed by atoms with E-state index in [9.17, 15) is 27.7 Å². The number of benzene rings is 2. The Kier molecular flexibility index (Phi) is 9.84. The molecule has 1 N–H and O–H groups in total. The van der Waals surface area contributed by atoms with Gasteiger partial charge in [0.1, 0.15) is 30.3 Å². The van der Waals surface area contributed by atoms with Crippen LogP contribution < -0.4 is 10.1 Å². The molecule has 0 radical (unpaired) electrons. The van der Waals surface area contributed by atoms with Gasteiger partial charge in [0.05, 0.1) is 30.3 Å². The van der Waals surface area contributed by atoms with Gasteiger partial charge in [-0.15, -0.1) is 0 Å². The Balaban J connectivity index is 1.49. The normalized spacial score (nSPS) is 16.9. The highest BCUT2D eigenvalue weighted by molar-refractivity contribution is 7.17. The summed E-state index contributed by atoms with van der Waals surface area (Å²) >= 11 is 5.80. The van der Waals surface area contributed by atoms with Crippen LogP contribution in [0.2, 0.25) is 5.02 Å². The number of amides is 2. The first-order chi connectivity index (χ1) is 19.2. The van der Waals surface area contributed by atoms with Crippen molar-refractivity contribution in [1.82, 2.24) is 14.8 Å². The molecule has 0 unspecified atom stereocenters. The number of nitrogens with zero attached hydrogens (tertiary/aromatic N) is 2. The van der Waals surface area contributed by atoms with Crippen LogP contribution in [0, 0.1) is 5.82 Å². The van der Waals surface area contributed by atoms with Crippen molar-refractivity contribution in [1.29, 1.82) is 0 Å². The summed E-state index contributed by atoms with van der Waals surface area (Å²) in [6.45, 7) is 1.28. The Labute approximate surface area is 235 Å². The predicted octanol–water partition coefficient (Wildman–Crippen LogP) is 4.88. The Morgan fingerprint density at radius 3 is 2.75 bits per heavy atom. The standard InChI is InChI=1S/C27H27ClF2N3O6P/c1-16(34)21-14-32(23-11-19(6-7-20(21)23)38-8-3-9-39-40-37)15-25(35)33-13-18(29)10-24(33)27(36)31-12-17-4-2-5-22(28)26(17)30/h2,4-7,11,14,18,24H,3,8-10,12-13,15H2,1H3,(H,31,36)/t18-,24+/m1/s1. The van der Waals surface area contributed by atoms with Crippen LogP contribution in [-0.2, 0) is 31.8 Å². The number of hydrogen-bond donors (Lipinski definition) is 1. The molecule has 2 atom stereocenters. The first-order valence-electron chi connectivity index (χ1n) is 12.5. The summed E-state index contributed by atoms with van der Waals surface area (Å²) in [5.74, 6) is -1.49. The fourth-order valence-corrected chi connectivity index (χ4v) is 5.05. The van der Waals surface area contributed by atoms with Crippen molar-refractivity contribution in [2.24, 2.45) is 0 Å². The van der Waals surface area contributed by atoms with Crippen LogP contribution in [-0.4, -0.2) is 59.0 Å². The number of halogens is 3. The quantitative estimate of drug-likeness (QED) is 0.182. The molecule has 212 valence electrons. The zero-order chi connectivity index (χ0) is 28.8. The minimum absolute atomic E-state index is 0.0846. The van der Waals surface area contributed by atoms with Crippen molar-refractivity contribution < 1.29 is 37.0 Å². The molecule has 9 nitrogen and oxygen atoms in total. The van der Waals surface area contributed by atoms with E-state index in [0.717, 1.165) is 0 Å². The van der Waals surface area contributed by atoms with Gasteiger partial charge in [-0.25, -0.2) is 13.3 Å². The Morgan fingerprint density at radius 2 is 2.00 bits per heavy atom. The van der Waals surface area contributed by atoms with E-state index in [1.807, 2.05) is 0 Å². The number of carbonyl (C=O) groups excluding carboxylic acids is 3. The molecule has 13 heteroatoms. The Hall–Kier alpha value is -3.40. The average Bonchev–Trinajstić information content (AvgIpc) is 3.50. The van der Waals surface area contributed by atoms with Crippen molar-refractivity contribution in [2.75, 3.05) is 19.8 Å². The summed E-state index contributed by atoms with van der Waals surface area (Å²) in [6, 6.07) is 8.43. The molecule has 4 rings (SSSR count). The van der Waals surface area contributed by atoms with Crippen LogP contribution in [0.15, 0.2) is 42.6 Å². The topological polar surface area (TPSA) is 107 Å². The lowest BCUT2D eigenvalue weighted by Crippen LogP contribution is -2.46. The fraction of sp³-hybridized carbons (Fsp3) is 0.370. The second kappa shape index (κ2) is 13.3. The Morgan fingerprint density at radius 1 is 1.20 bits per heavy atom. The van der Waals surface area contributed by atoms with E-state index >= 15 is 0 Å². The van der Waals surface area contributed by atoms with E-state index in [-0.39, 0.29) is 49.0 Å². The van der Waals surface area contributed by atoms with Gasteiger partial charge < -0.3 is 19.5 Å². The van der Waals surface area contributed by atoms with Gasteiger partial charge in [0.15, 0.2) is 5.78 Å². The zero-order valence-corrected chi connectivity index (χ0v) is 23.2. The molecule has 2 aromatic carbocycles. The van der Waals surface area contributed by atoms with Gasteiger partial charge in [-0.3, -0.25) is 18.9 Å². The minimum Gasteiger partial charge on any atom is -0.493 e. The summed E-state index contributed by atoms with van der Waals surface area (Å²) in [7, 11) is -0.403. The molecule has 2 amide bonds. The monoisotopic (exact) mass is 593 g/mol. The number of Topliss-reactive ketones (excluding diaryl/α,β-unsaturated/α-hetero) is 1. The number of aromatic nitrogens is 1. The third kappa shape index (κ3) is 6.83. The summed E-state index contributed by atoms with van der Waals surface area (Å²) < 4.78 is 51.0. The Bertz CT molecular complexity index is 1430. The van der Waals surface area contributed by atoms with Crippen molar-refractivity contribution in [2.45, 2.75) is 45.1 Å². The number of hydrogen-bond acceptors (Lipinski definition) is 6. The van der Waals surface area contributed by atoms with E-state index in [4.69, 9.17) is 20.9 Å².